The summed E-state index contributed by atoms with van der Waals surface area (Å²) in [4.78, 5) is 26.5. The number of carbonyl (C=O) groups is 2. The molecule has 5 nitrogen and oxygen atoms in total. The maximum Gasteiger partial charge on any atom is 0.416 e. The van der Waals surface area contributed by atoms with Crippen LogP contribution in [0.4, 0.5) is 18.9 Å². The van der Waals surface area contributed by atoms with Crippen molar-refractivity contribution < 1.29 is 22.8 Å². The number of benzene rings is 2. The molecule has 0 radical (unpaired) electrons. The lowest BCUT2D eigenvalue weighted by atomic mass is 10.1. The predicted molar refractivity (Wildman–Crippen MR) is 121 cm³/mol. The van der Waals surface area contributed by atoms with Crippen LogP contribution < -0.4 is 10.6 Å². The molecule has 0 aromatic heterocycles. The third kappa shape index (κ3) is 7.69. The SMILES string of the molecule is CCN(CC)CCNC(=O)c1ccc(NC(=O)/C=C/c2cc(C(F)(F)F)ccc2Cl)cc1. The number of hydrogen-bond acceptors (Lipinski definition) is 3. The van der Waals surface area contributed by atoms with E-state index in [1.54, 1.807) is 24.3 Å². The second-order valence-corrected chi connectivity index (χ2v) is 7.32. The van der Waals surface area contributed by atoms with Gasteiger partial charge in [0.25, 0.3) is 5.91 Å². The zero-order chi connectivity index (χ0) is 23.7. The molecule has 0 spiro atoms. The Hall–Kier alpha value is -2.84. The van der Waals surface area contributed by atoms with Crippen LogP contribution in [0.3, 0.4) is 0 Å². The number of anilines is 1. The van der Waals surface area contributed by atoms with Gasteiger partial charge in [0.1, 0.15) is 0 Å². The van der Waals surface area contributed by atoms with Crippen molar-refractivity contribution in [3.05, 3.63) is 70.3 Å². The monoisotopic (exact) mass is 467 g/mol. The number of likely N-dealkylation sites (N-methyl/N-ethyl adjacent to an activating group) is 1. The predicted octanol–water partition coefficient (Wildman–Crippen LogP) is 5.08. The highest BCUT2D eigenvalue weighted by Crippen LogP contribution is 2.32. The lowest BCUT2D eigenvalue weighted by Crippen LogP contribution is -2.34. The fourth-order valence-corrected chi connectivity index (χ4v) is 3.05. The third-order valence-corrected chi connectivity index (χ3v) is 5.10. The molecule has 0 bridgehead atoms. The van der Waals surface area contributed by atoms with Gasteiger partial charge >= 0.3 is 6.18 Å². The normalized spacial score (nSPS) is 11.7. The molecule has 0 heterocycles. The van der Waals surface area contributed by atoms with Gasteiger partial charge in [-0.05, 0) is 67.2 Å². The van der Waals surface area contributed by atoms with Crippen LogP contribution in [0.15, 0.2) is 48.5 Å². The molecule has 0 saturated carbocycles. The van der Waals surface area contributed by atoms with Gasteiger partial charge in [0, 0.05) is 35.4 Å². The second kappa shape index (κ2) is 11.7. The van der Waals surface area contributed by atoms with Gasteiger partial charge < -0.3 is 15.5 Å². The number of alkyl halides is 3. The molecule has 2 aromatic carbocycles. The number of rotatable bonds is 9. The lowest BCUT2D eigenvalue weighted by molar-refractivity contribution is -0.137. The van der Waals surface area contributed by atoms with Crippen molar-refractivity contribution in [3.63, 3.8) is 0 Å². The van der Waals surface area contributed by atoms with E-state index in [1.165, 1.54) is 6.08 Å². The van der Waals surface area contributed by atoms with Crippen LogP contribution in [-0.2, 0) is 11.0 Å². The minimum atomic E-state index is -4.51. The number of nitrogens with zero attached hydrogens (tertiary/aromatic N) is 1. The lowest BCUT2D eigenvalue weighted by Gasteiger charge is -2.17. The van der Waals surface area contributed by atoms with Crippen molar-refractivity contribution in [3.8, 4) is 0 Å². The Labute approximate surface area is 190 Å². The minimum absolute atomic E-state index is 0.0772. The molecule has 0 fully saturated rings. The fourth-order valence-electron chi connectivity index (χ4n) is 2.87. The standard InChI is InChI=1S/C23H25ClF3N3O2/c1-3-30(4-2)14-13-28-22(32)16-5-9-19(10-6-16)29-21(31)12-7-17-15-18(23(25,26)27)8-11-20(17)24/h5-12,15H,3-4,13-14H2,1-2H3,(H,28,32)(H,29,31)/b12-7+. The van der Waals surface area contributed by atoms with Crippen LogP contribution >= 0.6 is 11.6 Å². The summed E-state index contributed by atoms with van der Waals surface area (Å²) in [6.07, 6.45) is -2.20. The number of carbonyl (C=O) groups excluding carboxylic acids is 2. The zero-order valence-corrected chi connectivity index (χ0v) is 18.6. The minimum Gasteiger partial charge on any atom is -0.351 e. The first-order chi connectivity index (χ1) is 15.1. The van der Waals surface area contributed by atoms with Gasteiger partial charge in [0.15, 0.2) is 0 Å². The van der Waals surface area contributed by atoms with E-state index in [2.05, 4.69) is 29.4 Å². The fraction of sp³-hybridized carbons (Fsp3) is 0.304. The summed E-state index contributed by atoms with van der Waals surface area (Å²) in [5, 5.41) is 5.53. The molecule has 0 atom stereocenters. The molecular weight excluding hydrogens is 443 g/mol. The third-order valence-electron chi connectivity index (χ3n) is 4.76. The highest BCUT2D eigenvalue weighted by Gasteiger charge is 2.30. The van der Waals surface area contributed by atoms with Crippen LogP contribution in [0.25, 0.3) is 6.08 Å². The summed E-state index contributed by atoms with van der Waals surface area (Å²) in [6, 6.07) is 9.19. The number of halogens is 4. The summed E-state index contributed by atoms with van der Waals surface area (Å²) in [7, 11) is 0. The number of amides is 2. The van der Waals surface area contributed by atoms with Crippen LogP contribution in [0.1, 0.15) is 35.3 Å². The molecule has 32 heavy (non-hydrogen) atoms. The van der Waals surface area contributed by atoms with Gasteiger partial charge in [-0.25, -0.2) is 0 Å². The number of nitrogens with one attached hydrogen (secondary N) is 2. The van der Waals surface area contributed by atoms with Crippen molar-refractivity contribution in [1.82, 2.24) is 10.2 Å². The molecule has 172 valence electrons. The van der Waals surface area contributed by atoms with Crippen LogP contribution in [0.5, 0.6) is 0 Å². The van der Waals surface area contributed by atoms with Crippen molar-refractivity contribution in [2.45, 2.75) is 20.0 Å². The molecule has 0 aliphatic carbocycles. The van der Waals surface area contributed by atoms with Gasteiger partial charge in [-0.15, -0.1) is 0 Å². The maximum absolute atomic E-state index is 12.8. The quantitative estimate of drug-likeness (QED) is 0.505. The summed E-state index contributed by atoms with van der Waals surface area (Å²) >= 11 is 5.92. The Balaban J connectivity index is 1.93. The molecular formula is C23H25ClF3N3O2. The van der Waals surface area contributed by atoms with E-state index in [4.69, 9.17) is 11.6 Å². The average molecular weight is 468 g/mol. The van der Waals surface area contributed by atoms with Crippen LogP contribution in [-0.4, -0.2) is 42.9 Å². The van der Waals surface area contributed by atoms with Gasteiger partial charge in [-0.2, -0.15) is 13.2 Å². The van der Waals surface area contributed by atoms with Crippen molar-refractivity contribution >= 4 is 35.2 Å². The van der Waals surface area contributed by atoms with Gasteiger partial charge in [0.2, 0.25) is 5.91 Å². The molecule has 0 aliphatic rings. The molecule has 0 unspecified atom stereocenters. The molecule has 2 amide bonds. The Bertz CT molecular complexity index is 956. The molecule has 9 heteroatoms. The van der Waals surface area contributed by atoms with Crippen LogP contribution in [0, 0.1) is 0 Å². The van der Waals surface area contributed by atoms with E-state index in [0.717, 1.165) is 43.9 Å². The van der Waals surface area contributed by atoms with Crippen LogP contribution in [0.2, 0.25) is 5.02 Å². The smallest absolute Gasteiger partial charge is 0.351 e. The summed E-state index contributed by atoms with van der Waals surface area (Å²) in [5.74, 6) is -0.760. The first-order valence-corrected chi connectivity index (χ1v) is 10.5. The van der Waals surface area contributed by atoms with E-state index >= 15 is 0 Å². The first-order valence-electron chi connectivity index (χ1n) is 10.1. The van der Waals surface area contributed by atoms with E-state index < -0.39 is 17.6 Å². The van der Waals surface area contributed by atoms with Crippen molar-refractivity contribution in [2.75, 3.05) is 31.5 Å². The summed E-state index contributed by atoms with van der Waals surface area (Å²) in [6.45, 7) is 7.23. The highest BCUT2D eigenvalue weighted by molar-refractivity contribution is 6.32. The van der Waals surface area contributed by atoms with E-state index in [0.29, 0.717) is 17.8 Å². The summed E-state index contributed by atoms with van der Waals surface area (Å²) in [5.41, 5.74) is 0.115. The molecule has 2 N–H and O–H groups in total. The van der Waals surface area contributed by atoms with E-state index in [1.807, 2.05) is 0 Å². The maximum atomic E-state index is 12.8. The van der Waals surface area contributed by atoms with Crippen molar-refractivity contribution in [1.29, 1.82) is 0 Å². The molecule has 0 aliphatic heterocycles. The number of hydrogen-bond donors (Lipinski definition) is 2. The second-order valence-electron chi connectivity index (χ2n) is 6.92. The molecule has 2 aromatic rings. The van der Waals surface area contributed by atoms with Gasteiger partial charge in [-0.1, -0.05) is 25.4 Å². The first kappa shape index (κ1) is 25.4. The summed E-state index contributed by atoms with van der Waals surface area (Å²) < 4.78 is 38.5. The Morgan fingerprint density at radius 2 is 1.72 bits per heavy atom. The van der Waals surface area contributed by atoms with Gasteiger partial charge in [0.05, 0.1) is 5.56 Å². The van der Waals surface area contributed by atoms with Gasteiger partial charge in [-0.3, -0.25) is 9.59 Å². The van der Waals surface area contributed by atoms with E-state index in [9.17, 15) is 22.8 Å². The van der Waals surface area contributed by atoms with Crippen molar-refractivity contribution in [2.24, 2.45) is 0 Å². The van der Waals surface area contributed by atoms with E-state index in [-0.39, 0.29) is 16.5 Å². The zero-order valence-electron chi connectivity index (χ0n) is 17.8. The Morgan fingerprint density at radius 1 is 1.06 bits per heavy atom. The highest BCUT2D eigenvalue weighted by atomic mass is 35.5. The Morgan fingerprint density at radius 3 is 2.31 bits per heavy atom. The average Bonchev–Trinajstić information content (AvgIpc) is 2.75. The molecule has 0 saturated heterocycles. The molecule has 2 rings (SSSR count). The largest absolute Gasteiger partial charge is 0.416 e. The Kier molecular flexibility index (Phi) is 9.28. The topological polar surface area (TPSA) is 61.4 Å².